The van der Waals surface area contributed by atoms with Crippen LogP contribution in [0.25, 0.3) is 11.2 Å². The fourth-order valence-corrected chi connectivity index (χ4v) is 3.21. The number of nitro groups is 1. The van der Waals surface area contributed by atoms with E-state index in [9.17, 15) is 10.1 Å². The number of nitrogen functional groups attached to an aromatic ring is 1. The molecule has 2 N–H and O–H groups in total. The number of hydrogen-bond donors (Lipinski definition) is 1. The predicted octanol–water partition coefficient (Wildman–Crippen LogP) is 2.64. The number of anilines is 1. The van der Waals surface area contributed by atoms with Gasteiger partial charge in [-0.1, -0.05) is 12.1 Å². The van der Waals surface area contributed by atoms with E-state index in [0.29, 0.717) is 36.7 Å². The minimum absolute atomic E-state index is 0.0606. The van der Waals surface area contributed by atoms with Crippen LogP contribution in [0.2, 0.25) is 0 Å². The molecule has 3 heterocycles. The highest BCUT2D eigenvalue weighted by molar-refractivity contribution is 5.77. The van der Waals surface area contributed by atoms with Crippen LogP contribution >= 0.6 is 0 Å². The number of benzene rings is 1. The van der Waals surface area contributed by atoms with Gasteiger partial charge >= 0.3 is 0 Å². The molecule has 0 bridgehead atoms. The Balaban J connectivity index is 1.49. The van der Waals surface area contributed by atoms with Crippen molar-refractivity contribution in [1.82, 2.24) is 19.5 Å². The second-order valence-corrected chi connectivity index (χ2v) is 6.55. The van der Waals surface area contributed by atoms with Crippen LogP contribution in [0, 0.1) is 10.1 Å². The Bertz CT molecular complexity index is 982. The topological polar surface area (TPSA) is 131 Å². The molecular formula is C18H20N6O4. The third-order valence-electron chi connectivity index (χ3n) is 4.65. The maximum absolute atomic E-state index is 10.7. The Morgan fingerprint density at radius 2 is 2.11 bits per heavy atom. The molecule has 1 saturated heterocycles. The first-order chi connectivity index (χ1) is 13.6. The molecule has 1 aliphatic rings. The maximum Gasteiger partial charge on any atom is 0.269 e. The molecule has 1 fully saturated rings. The summed E-state index contributed by atoms with van der Waals surface area (Å²) in [6.07, 6.45) is 5.17. The highest BCUT2D eigenvalue weighted by atomic mass is 16.6. The maximum atomic E-state index is 10.7. The van der Waals surface area contributed by atoms with Gasteiger partial charge in [0.1, 0.15) is 6.23 Å². The molecule has 146 valence electrons. The number of hydrogen-bond acceptors (Lipinski definition) is 8. The molecule has 28 heavy (non-hydrogen) atoms. The van der Waals surface area contributed by atoms with Crippen LogP contribution in [0.15, 0.2) is 30.6 Å². The van der Waals surface area contributed by atoms with Crippen molar-refractivity contribution >= 4 is 22.8 Å². The summed E-state index contributed by atoms with van der Waals surface area (Å²) in [7, 11) is 0. The van der Waals surface area contributed by atoms with Crippen LogP contribution in [0.5, 0.6) is 5.88 Å². The average molecular weight is 384 g/mol. The smallest absolute Gasteiger partial charge is 0.269 e. The van der Waals surface area contributed by atoms with E-state index in [1.165, 1.54) is 12.1 Å². The predicted molar refractivity (Wildman–Crippen MR) is 101 cm³/mol. The zero-order valence-electron chi connectivity index (χ0n) is 15.2. The highest BCUT2D eigenvalue weighted by Crippen LogP contribution is 2.29. The quantitative estimate of drug-likeness (QED) is 0.507. The van der Waals surface area contributed by atoms with Gasteiger partial charge in [-0.15, -0.1) is 0 Å². The molecule has 4 rings (SSSR count). The number of nitrogens with two attached hydrogens (primary N) is 1. The lowest BCUT2D eigenvalue weighted by atomic mass is 10.1. The molecule has 3 aromatic rings. The standard InChI is InChI=1S/C18H20N6O4/c19-18-21-16-15(20-11-23(16)14-3-1-2-9-27-14)17(22-18)28-10-8-12-4-6-13(7-5-12)24(25)26/h4-7,11,14H,1-3,8-10H2,(H2,19,21,22). The summed E-state index contributed by atoms with van der Waals surface area (Å²) < 4.78 is 13.5. The molecule has 10 heteroatoms. The number of rotatable bonds is 6. The van der Waals surface area contributed by atoms with Crippen molar-refractivity contribution in [3.63, 3.8) is 0 Å². The molecule has 1 unspecified atom stereocenters. The van der Waals surface area contributed by atoms with E-state index in [2.05, 4.69) is 15.0 Å². The summed E-state index contributed by atoms with van der Waals surface area (Å²) in [4.78, 5) is 23.2. The molecule has 0 aliphatic carbocycles. The Morgan fingerprint density at radius 1 is 1.29 bits per heavy atom. The van der Waals surface area contributed by atoms with Crippen LogP contribution in [0.1, 0.15) is 31.1 Å². The number of nitrogens with zero attached hydrogens (tertiary/aromatic N) is 5. The number of nitro benzene ring substituents is 1. The van der Waals surface area contributed by atoms with Gasteiger partial charge in [-0.05, 0) is 24.8 Å². The number of fused-ring (bicyclic) bond motifs is 1. The zero-order chi connectivity index (χ0) is 19.5. The van der Waals surface area contributed by atoms with Crippen molar-refractivity contribution in [2.24, 2.45) is 0 Å². The van der Waals surface area contributed by atoms with Gasteiger partial charge in [0, 0.05) is 25.2 Å². The second-order valence-electron chi connectivity index (χ2n) is 6.55. The first-order valence-corrected chi connectivity index (χ1v) is 9.09. The van der Waals surface area contributed by atoms with Gasteiger partial charge in [-0.25, -0.2) is 4.98 Å². The lowest BCUT2D eigenvalue weighted by Gasteiger charge is -2.23. The molecule has 1 aliphatic heterocycles. The van der Waals surface area contributed by atoms with Crippen LogP contribution < -0.4 is 10.5 Å². The van der Waals surface area contributed by atoms with Crippen LogP contribution in [0.4, 0.5) is 11.6 Å². The fraction of sp³-hybridized carbons (Fsp3) is 0.389. The third kappa shape index (κ3) is 3.72. The van der Waals surface area contributed by atoms with Crippen LogP contribution in [-0.4, -0.2) is 37.7 Å². The SMILES string of the molecule is Nc1nc(OCCc2ccc([N+](=O)[O-])cc2)c2ncn(C3CCCCO3)c2n1. The monoisotopic (exact) mass is 384 g/mol. The zero-order valence-corrected chi connectivity index (χ0v) is 15.2. The molecule has 10 nitrogen and oxygen atoms in total. The Kier molecular flexibility index (Phi) is 5.02. The summed E-state index contributed by atoms with van der Waals surface area (Å²) in [5.74, 6) is 0.425. The number of non-ortho nitro benzene ring substituents is 1. The minimum atomic E-state index is -0.424. The van der Waals surface area contributed by atoms with Crippen LogP contribution in [-0.2, 0) is 11.2 Å². The van der Waals surface area contributed by atoms with E-state index in [-0.39, 0.29) is 17.9 Å². The number of imidazole rings is 1. The van der Waals surface area contributed by atoms with Gasteiger partial charge in [-0.3, -0.25) is 14.7 Å². The number of ether oxygens (including phenoxy) is 2. The second kappa shape index (κ2) is 7.77. The van der Waals surface area contributed by atoms with Crippen molar-refractivity contribution in [3.8, 4) is 5.88 Å². The van der Waals surface area contributed by atoms with Gasteiger partial charge < -0.3 is 15.2 Å². The van der Waals surface area contributed by atoms with Crippen molar-refractivity contribution in [3.05, 3.63) is 46.3 Å². The van der Waals surface area contributed by atoms with Crippen molar-refractivity contribution in [2.45, 2.75) is 31.9 Å². The van der Waals surface area contributed by atoms with Gasteiger partial charge in [0.2, 0.25) is 11.8 Å². The van der Waals surface area contributed by atoms with Gasteiger partial charge in [0.05, 0.1) is 17.9 Å². The molecule has 0 radical (unpaired) electrons. The summed E-state index contributed by atoms with van der Waals surface area (Å²) in [5.41, 5.74) is 7.97. The van der Waals surface area contributed by atoms with Crippen molar-refractivity contribution in [1.29, 1.82) is 0 Å². The Labute approximate surface area is 160 Å². The summed E-state index contributed by atoms with van der Waals surface area (Å²) >= 11 is 0. The minimum Gasteiger partial charge on any atom is -0.476 e. The van der Waals surface area contributed by atoms with Gasteiger partial charge in [0.25, 0.3) is 5.69 Å². The number of aromatic nitrogens is 4. The lowest BCUT2D eigenvalue weighted by Crippen LogP contribution is -2.18. The first kappa shape index (κ1) is 18.1. The summed E-state index contributed by atoms with van der Waals surface area (Å²) in [6, 6.07) is 6.37. The third-order valence-corrected chi connectivity index (χ3v) is 4.65. The molecule has 1 atom stereocenters. The van der Waals surface area contributed by atoms with Crippen LogP contribution in [0.3, 0.4) is 0 Å². The highest BCUT2D eigenvalue weighted by Gasteiger charge is 2.21. The van der Waals surface area contributed by atoms with E-state index in [4.69, 9.17) is 15.2 Å². The Morgan fingerprint density at radius 3 is 2.82 bits per heavy atom. The van der Waals surface area contributed by atoms with E-state index in [0.717, 1.165) is 24.8 Å². The van der Waals surface area contributed by atoms with Gasteiger partial charge in [-0.2, -0.15) is 9.97 Å². The largest absolute Gasteiger partial charge is 0.476 e. The molecule has 0 amide bonds. The first-order valence-electron chi connectivity index (χ1n) is 9.09. The molecule has 2 aromatic heterocycles. The van der Waals surface area contributed by atoms with Crippen molar-refractivity contribution in [2.75, 3.05) is 18.9 Å². The normalized spacial score (nSPS) is 16.9. The van der Waals surface area contributed by atoms with Gasteiger partial charge in [0.15, 0.2) is 11.2 Å². The van der Waals surface area contributed by atoms with E-state index < -0.39 is 4.92 Å². The fourth-order valence-electron chi connectivity index (χ4n) is 3.21. The van der Waals surface area contributed by atoms with E-state index in [1.807, 2.05) is 4.57 Å². The van der Waals surface area contributed by atoms with E-state index >= 15 is 0 Å². The lowest BCUT2D eigenvalue weighted by molar-refractivity contribution is -0.384. The summed E-state index contributed by atoms with van der Waals surface area (Å²) in [6.45, 7) is 1.04. The van der Waals surface area contributed by atoms with Crippen molar-refractivity contribution < 1.29 is 14.4 Å². The Hall–Kier alpha value is -3.27. The average Bonchev–Trinajstić information content (AvgIpc) is 3.13. The van der Waals surface area contributed by atoms with E-state index in [1.54, 1.807) is 18.5 Å². The molecule has 0 saturated carbocycles. The summed E-state index contributed by atoms with van der Waals surface area (Å²) in [5, 5.41) is 10.7. The molecule has 0 spiro atoms. The molecular weight excluding hydrogens is 364 g/mol. The molecule has 1 aromatic carbocycles.